The zero-order chi connectivity index (χ0) is 11.8. The van der Waals surface area contributed by atoms with E-state index < -0.39 is 11.7 Å². The second-order valence-electron chi connectivity index (χ2n) is 3.45. The first-order chi connectivity index (χ1) is 7.48. The van der Waals surface area contributed by atoms with Gasteiger partial charge in [-0.1, -0.05) is 6.07 Å². The maximum Gasteiger partial charge on any atom is 0.416 e. The molecule has 0 bridgehead atoms. The SMILES string of the molecule is Cc1ccc(-n2cccn2)cc1C(F)(F)F. The van der Waals surface area contributed by atoms with Crippen LogP contribution in [0.15, 0.2) is 36.7 Å². The molecule has 0 radical (unpaired) electrons. The molecule has 84 valence electrons. The molecular formula is C11H9F3N2. The van der Waals surface area contributed by atoms with Gasteiger partial charge >= 0.3 is 6.18 Å². The maximum absolute atomic E-state index is 12.6. The average Bonchev–Trinajstić information content (AvgIpc) is 2.69. The van der Waals surface area contributed by atoms with Crippen molar-refractivity contribution < 1.29 is 13.2 Å². The molecule has 16 heavy (non-hydrogen) atoms. The summed E-state index contributed by atoms with van der Waals surface area (Å²) < 4.78 is 39.3. The van der Waals surface area contributed by atoms with Gasteiger partial charge < -0.3 is 0 Å². The van der Waals surface area contributed by atoms with Crippen molar-refractivity contribution in [1.82, 2.24) is 9.78 Å². The highest BCUT2D eigenvalue weighted by Crippen LogP contribution is 2.32. The summed E-state index contributed by atoms with van der Waals surface area (Å²) in [6, 6.07) is 5.81. The molecule has 0 aliphatic carbocycles. The number of alkyl halides is 3. The van der Waals surface area contributed by atoms with Gasteiger partial charge in [0.05, 0.1) is 11.3 Å². The largest absolute Gasteiger partial charge is 0.416 e. The molecule has 0 amide bonds. The van der Waals surface area contributed by atoms with Crippen molar-refractivity contribution in [2.45, 2.75) is 13.1 Å². The summed E-state index contributed by atoms with van der Waals surface area (Å²) >= 11 is 0. The van der Waals surface area contributed by atoms with E-state index in [1.807, 2.05) is 0 Å². The Hall–Kier alpha value is -1.78. The fourth-order valence-electron chi connectivity index (χ4n) is 1.48. The van der Waals surface area contributed by atoms with Crippen LogP contribution in [0.2, 0.25) is 0 Å². The Morgan fingerprint density at radius 2 is 2.00 bits per heavy atom. The van der Waals surface area contributed by atoms with Gasteiger partial charge in [-0.05, 0) is 30.7 Å². The molecule has 2 nitrogen and oxygen atoms in total. The third kappa shape index (κ3) is 1.93. The van der Waals surface area contributed by atoms with Crippen LogP contribution in [0.5, 0.6) is 0 Å². The van der Waals surface area contributed by atoms with Crippen molar-refractivity contribution in [3.63, 3.8) is 0 Å². The van der Waals surface area contributed by atoms with E-state index in [1.165, 1.54) is 23.9 Å². The molecular weight excluding hydrogens is 217 g/mol. The molecule has 2 rings (SSSR count). The molecule has 1 heterocycles. The molecule has 0 atom stereocenters. The highest BCUT2D eigenvalue weighted by atomic mass is 19.4. The zero-order valence-electron chi connectivity index (χ0n) is 8.49. The zero-order valence-corrected chi connectivity index (χ0v) is 8.49. The summed E-state index contributed by atoms with van der Waals surface area (Å²) in [7, 11) is 0. The van der Waals surface area contributed by atoms with Crippen LogP contribution in [0.4, 0.5) is 13.2 Å². The highest BCUT2D eigenvalue weighted by molar-refractivity contribution is 5.41. The third-order valence-corrected chi connectivity index (χ3v) is 2.30. The standard InChI is InChI=1S/C11H9F3N2/c1-8-3-4-9(16-6-2-5-15-16)7-10(8)11(12,13)14/h2-7H,1H3. The van der Waals surface area contributed by atoms with Gasteiger partial charge in [0.2, 0.25) is 0 Å². The quantitative estimate of drug-likeness (QED) is 0.730. The lowest BCUT2D eigenvalue weighted by Gasteiger charge is -2.11. The summed E-state index contributed by atoms with van der Waals surface area (Å²) in [5.74, 6) is 0. The van der Waals surface area contributed by atoms with Crippen LogP contribution in [0.25, 0.3) is 5.69 Å². The van der Waals surface area contributed by atoms with E-state index in [9.17, 15) is 13.2 Å². The molecule has 0 fully saturated rings. The number of halogens is 3. The third-order valence-electron chi connectivity index (χ3n) is 2.30. The molecule has 0 aliphatic rings. The number of benzene rings is 1. The molecule has 0 N–H and O–H groups in total. The van der Waals surface area contributed by atoms with Crippen LogP contribution in [0, 0.1) is 6.92 Å². The molecule has 0 saturated carbocycles. The first kappa shape index (κ1) is 10.7. The van der Waals surface area contributed by atoms with Crippen LogP contribution in [0.3, 0.4) is 0 Å². The van der Waals surface area contributed by atoms with Gasteiger partial charge in [0, 0.05) is 12.4 Å². The fourth-order valence-corrected chi connectivity index (χ4v) is 1.48. The monoisotopic (exact) mass is 226 g/mol. The minimum Gasteiger partial charge on any atom is -0.241 e. The van der Waals surface area contributed by atoms with E-state index in [0.29, 0.717) is 5.69 Å². The van der Waals surface area contributed by atoms with Crippen LogP contribution in [0.1, 0.15) is 11.1 Å². The number of hydrogen-bond donors (Lipinski definition) is 0. The molecule has 5 heteroatoms. The Kier molecular flexibility index (Phi) is 2.46. The van der Waals surface area contributed by atoms with Crippen molar-refractivity contribution in [3.8, 4) is 5.69 Å². The number of hydrogen-bond acceptors (Lipinski definition) is 1. The van der Waals surface area contributed by atoms with Crippen molar-refractivity contribution >= 4 is 0 Å². The van der Waals surface area contributed by atoms with E-state index in [-0.39, 0.29) is 5.56 Å². The lowest BCUT2D eigenvalue weighted by Crippen LogP contribution is -2.08. The smallest absolute Gasteiger partial charge is 0.241 e. The summed E-state index contributed by atoms with van der Waals surface area (Å²) in [4.78, 5) is 0. The summed E-state index contributed by atoms with van der Waals surface area (Å²) in [5.41, 5.74) is -0.00756. The van der Waals surface area contributed by atoms with Gasteiger partial charge in [-0.25, -0.2) is 4.68 Å². The van der Waals surface area contributed by atoms with Gasteiger partial charge in [0.25, 0.3) is 0 Å². The van der Waals surface area contributed by atoms with Crippen molar-refractivity contribution in [3.05, 3.63) is 47.8 Å². The summed E-state index contributed by atoms with van der Waals surface area (Å²) in [6.07, 6.45) is -1.20. The Morgan fingerprint density at radius 1 is 1.25 bits per heavy atom. The summed E-state index contributed by atoms with van der Waals surface area (Å²) in [5, 5.41) is 3.89. The van der Waals surface area contributed by atoms with Crippen LogP contribution >= 0.6 is 0 Å². The minimum absolute atomic E-state index is 0.211. The number of nitrogens with zero attached hydrogens (tertiary/aromatic N) is 2. The van der Waals surface area contributed by atoms with E-state index in [4.69, 9.17) is 0 Å². The Labute approximate surface area is 90.3 Å². The van der Waals surface area contributed by atoms with E-state index >= 15 is 0 Å². The van der Waals surface area contributed by atoms with Gasteiger partial charge in [-0.2, -0.15) is 18.3 Å². The number of aromatic nitrogens is 2. The first-order valence-corrected chi connectivity index (χ1v) is 4.66. The number of rotatable bonds is 1. The van der Waals surface area contributed by atoms with Gasteiger partial charge in [-0.15, -0.1) is 0 Å². The average molecular weight is 226 g/mol. The van der Waals surface area contributed by atoms with Gasteiger partial charge in [0.15, 0.2) is 0 Å². The van der Waals surface area contributed by atoms with Gasteiger partial charge in [0.1, 0.15) is 0 Å². The van der Waals surface area contributed by atoms with Crippen molar-refractivity contribution in [2.24, 2.45) is 0 Å². The predicted octanol–water partition coefficient (Wildman–Crippen LogP) is 3.20. The summed E-state index contributed by atoms with van der Waals surface area (Å²) in [6.45, 7) is 1.44. The molecule has 0 spiro atoms. The minimum atomic E-state index is -4.33. The molecule has 1 aromatic heterocycles. The predicted molar refractivity (Wildman–Crippen MR) is 53.3 cm³/mol. The van der Waals surface area contributed by atoms with E-state index in [2.05, 4.69) is 5.10 Å². The van der Waals surface area contributed by atoms with E-state index in [0.717, 1.165) is 6.07 Å². The van der Waals surface area contributed by atoms with E-state index in [1.54, 1.807) is 18.3 Å². The highest BCUT2D eigenvalue weighted by Gasteiger charge is 2.32. The molecule has 1 aromatic carbocycles. The molecule has 0 unspecified atom stereocenters. The van der Waals surface area contributed by atoms with Crippen molar-refractivity contribution in [1.29, 1.82) is 0 Å². The normalized spacial score (nSPS) is 11.8. The second-order valence-corrected chi connectivity index (χ2v) is 3.45. The molecule has 0 saturated heterocycles. The van der Waals surface area contributed by atoms with Crippen molar-refractivity contribution in [2.75, 3.05) is 0 Å². The first-order valence-electron chi connectivity index (χ1n) is 4.66. The van der Waals surface area contributed by atoms with Gasteiger partial charge in [-0.3, -0.25) is 0 Å². The lowest BCUT2D eigenvalue weighted by molar-refractivity contribution is -0.138. The maximum atomic E-state index is 12.6. The Morgan fingerprint density at radius 3 is 2.56 bits per heavy atom. The lowest BCUT2D eigenvalue weighted by atomic mass is 10.1. The topological polar surface area (TPSA) is 17.8 Å². The Balaban J connectivity index is 2.52. The molecule has 0 aliphatic heterocycles. The van der Waals surface area contributed by atoms with Crippen LogP contribution < -0.4 is 0 Å². The second kappa shape index (κ2) is 3.66. The Bertz CT molecular complexity index is 486. The number of aryl methyl sites for hydroxylation is 1. The van der Waals surface area contributed by atoms with Crippen LogP contribution in [-0.2, 0) is 6.18 Å². The fraction of sp³-hybridized carbons (Fsp3) is 0.182. The molecule has 2 aromatic rings. The van der Waals surface area contributed by atoms with Crippen LogP contribution in [-0.4, -0.2) is 9.78 Å².